The quantitative estimate of drug-likeness (QED) is 0.294. The van der Waals surface area contributed by atoms with Gasteiger partial charge in [-0.05, 0) is 69.9 Å². The Morgan fingerprint density at radius 1 is 0.810 bits per heavy atom. The van der Waals surface area contributed by atoms with Crippen LogP contribution in [0.25, 0.3) is 0 Å². The summed E-state index contributed by atoms with van der Waals surface area (Å²) in [5.74, 6) is -0.620. The summed E-state index contributed by atoms with van der Waals surface area (Å²) < 4.78 is 29.1. The molecule has 8 heteroatoms. The first-order valence-electron chi connectivity index (χ1n) is 14.9. The number of aryl methyl sites for hydroxylation is 3. The van der Waals surface area contributed by atoms with Crippen molar-refractivity contribution < 1.29 is 18.0 Å². The van der Waals surface area contributed by atoms with Crippen molar-refractivity contribution in [1.29, 1.82) is 0 Å². The maximum atomic E-state index is 14.2. The first-order valence-corrected chi connectivity index (χ1v) is 16.3. The number of carbonyl (C=O) groups is 2. The highest BCUT2D eigenvalue weighted by atomic mass is 32.2. The average Bonchev–Trinajstić information content (AvgIpc) is 2.98. The molecule has 0 heterocycles. The van der Waals surface area contributed by atoms with Gasteiger partial charge in [-0.3, -0.25) is 13.9 Å². The smallest absolute Gasteiger partial charge is 0.264 e. The van der Waals surface area contributed by atoms with Crippen LogP contribution in [0.15, 0.2) is 77.7 Å². The fourth-order valence-corrected chi connectivity index (χ4v) is 6.85. The van der Waals surface area contributed by atoms with Gasteiger partial charge in [0.15, 0.2) is 0 Å². The molecule has 7 nitrogen and oxygen atoms in total. The minimum Gasteiger partial charge on any atom is -0.352 e. The second-order valence-electron chi connectivity index (χ2n) is 11.4. The number of carbonyl (C=O) groups excluding carboxylic acids is 2. The lowest BCUT2D eigenvalue weighted by Gasteiger charge is -2.34. The molecule has 1 N–H and O–H groups in total. The molecule has 0 unspecified atom stereocenters. The lowest BCUT2D eigenvalue weighted by atomic mass is 9.95. The summed E-state index contributed by atoms with van der Waals surface area (Å²) in [5.41, 5.74) is 4.27. The fourth-order valence-electron chi connectivity index (χ4n) is 5.43. The number of hydrogen-bond donors (Lipinski definition) is 1. The van der Waals surface area contributed by atoms with E-state index in [9.17, 15) is 18.0 Å². The Morgan fingerprint density at radius 3 is 1.88 bits per heavy atom. The molecule has 224 valence electrons. The van der Waals surface area contributed by atoms with Gasteiger partial charge < -0.3 is 10.2 Å². The van der Waals surface area contributed by atoms with Crippen LogP contribution in [0, 0.1) is 20.8 Å². The Morgan fingerprint density at radius 2 is 1.33 bits per heavy atom. The van der Waals surface area contributed by atoms with Crippen molar-refractivity contribution >= 4 is 27.5 Å². The topological polar surface area (TPSA) is 86.8 Å². The lowest BCUT2D eigenvalue weighted by molar-refractivity contribution is -0.140. The van der Waals surface area contributed by atoms with Crippen LogP contribution in [-0.2, 0) is 26.2 Å². The Labute approximate surface area is 251 Å². The van der Waals surface area contributed by atoms with Gasteiger partial charge in [0.05, 0.1) is 10.6 Å². The van der Waals surface area contributed by atoms with E-state index in [-0.39, 0.29) is 23.4 Å². The van der Waals surface area contributed by atoms with Crippen molar-refractivity contribution in [3.05, 3.63) is 95.1 Å². The fraction of sp³-hybridized carbons (Fsp3) is 0.412. The van der Waals surface area contributed by atoms with Gasteiger partial charge in [0.1, 0.15) is 12.6 Å². The summed E-state index contributed by atoms with van der Waals surface area (Å²) in [4.78, 5) is 29.5. The van der Waals surface area contributed by atoms with Gasteiger partial charge in [0, 0.05) is 12.6 Å². The number of nitrogens with zero attached hydrogens (tertiary/aromatic N) is 2. The molecule has 2 amide bonds. The van der Waals surface area contributed by atoms with Gasteiger partial charge in [-0.1, -0.05) is 91.4 Å². The maximum absolute atomic E-state index is 14.2. The van der Waals surface area contributed by atoms with Gasteiger partial charge in [0.25, 0.3) is 10.0 Å². The van der Waals surface area contributed by atoms with Crippen molar-refractivity contribution in [3.63, 3.8) is 0 Å². The number of amides is 2. The van der Waals surface area contributed by atoms with Crippen LogP contribution in [0.2, 0.25) is 0 Å². The Hall–Kier alpha value is -3.65. The Kier molecular flexibility index (Phi) is 10.4. The SMILES string of the molecule is CC[C@@H](C(=O)NC1CCCCC1)N(Cc1ccc(C)cc1)C(=O)CN(c1ccc(C)cc1)S(=O)(=O)c1ccc(C)cc1. The van der Waals surface area contributed by atoms with E-state index in [1.807, 2.05) is 64.1 Å². The minimum atomic E-state index is -4.08. The van der Waals surface area contributed by atoms with Gasteiger partial charge in [0.2, 0.25) is 11.8 Å². The monoisotopic (exact) mass is 589 g/mol. The Balaban J connectivity index is 1.69. The van der Waals surface area contributed by atoms with Crippen LogP contribution >= 0.6 is 0 Å². The van der Waals surface area contributed by atoms with Crippen molar-refractivity contribution in [1.82, 2.24) is 10.2 Å². The molecular weight excluding hydrogens is 546 g/mol. The summed E-state index contributed by atoms with van der Waals surface area (Å²) in [6.07, 6.45) is 5.61. The number of benzene rings is 3. The normalized spacial score (nSPS) is 14.7. The number of sulfonamides is 1. The minimum absolute atomic E-state index is 0.0996. The molecule has 0 saturated heterocycles. The molecule has 1 atom stereocenters. The molecule has 0 aromatic heterocycles. The van der Waals surface area contributed by atoms with Crippen LogP contribution in [0.3, 0.4) is 0 Å². The predicted octanol–water partition coefficient (Wildman–Crippen LogP) is 6.06. The Bertz CT molecular complexity index is 1450. The predicted molar refractivity (Wildman–Crippen MR) is 168 cm³/mol. The maximum Gasteiger partial charge on any atom is 0.264 e. The molecule has 0 aliphatic heterocycles. The highest BCUT2D eigenvalue weighted by molar-refractivity contribution is 7.92. The van der Waals surface area contributed by atoms with E-state index in [1.54, 1.807) is 41.3 Å². The van der Waals surface area contributed by atoms with Crippen molar-refractivity contribution in [2.24, 2.45) is 0 Å². The van der Waals surface area contributed by atoms with Crippen molar-refractivity contribution in [3.8, 4) is 0 Å². The molecule has 0 radical (unpaired) electrons. The molecule has 3 aromatic carbocycles. The van der Waals surface area contributed by atoms with E-state index >= 15 is 0 Å². The van der Waals surface area contributed by atoms with E-state index < -0.39 is 28.5 Å². The van der Waals surface area contributed by atoms with Crippen LogP contribution in [-0.4, -0.2) is 43.8 Å². The van der Waals surface area contributed by atoms with E-state index in [0.717, 1.165) is 52.2 Å². The van der Waals surface area contributed by atoms with Gasteiger partial charge in [-0.25, -0.2) is 8.42 Å². The largest absolute Gasteiger partial charge is 0.352 e. The number of rotatable bonds is 11. The highest BCUT2D eigenvalue weighted by Gasteiger charge is 2.34. The number of anilines is 1. The summed E-state index contributed by atoms with van der Waals surface area (Å²) >= 11 is 0. The third-order valence-corrected chi connectivity index (χ3v) is 9.81. The van der Waals surface area contributed by atoms with Crippen molar-refractivity contribution in [2.45, 2.75) is 89.7 Å². The zero-order chi connectivity index (χ0) is 30.3. The second kappa shape index (κ2) is 14.0. The summed E-state index contributed by atoms with van der Waals surface area (Å²) in [6.45, 7) is 7.47. The van der Waals surface area contributed by atoms with Crippen LogP contribution in [0.1, 0.15) is 67.7 Å². The summed E-state index contributed by atoms with van der Waals surface area (Å²) in [5, 5.41) is 3.19. The third kappa shape index (κ3) is 7.79. The molecular formula is C34H43N3O4S. The molecule has 42 heavy (non-hydrogen) atoms. The van der Waals surface area contributed by atoms with Crippen molar-refractivity contribution in [2.75, 3.05) is 10.8 Å². The molecule has 1 aliphatic rings. The van der Waals surface area contributed by atoms with E-state index in [1.165, 1.54) is 6.42 Å². The van der Waals surface area contributed by atoms with E-state index in [2.05, 4.69) is 5.32 Å². The van der Waals surface area contributed by atoms with Gasteiger partial charge >= 0.3 is 0 Å². The summed E-state index contributed by atoms with van der Waals surface area (Å²) in [7, 11) is -4.08. The number of hydrogen-bond acceptors (Lipinski definition) is 4. The van der Waals surface area contributed by atoms with E-state index in [0.29, 0.717) is 12.1 Å². The molecule has 1 saturated carbocycles. The average molecular weight is 590 g/mol. The number of nitrogens with one attached hydrogen (secondary N) is 1. The third-order valence-electron chi connectivity index (χ3n) is 8.02. The first-order chi connectivity index (χ1) is 20.1. The van der Waals surface area contributed by atoms with Gasteiger partial charge in [-0.2, -0.15) is 0 Å². The molecule has 1 aliphatic carbocycles. The van der Waals surface area contributed by atoms with E-state index in [4.69, 9.17) is 0 Å². The molecule has 3 aromatic rings. The molecule has 4 rings (SSSR count). The van der Waals surface area contributed by atoms with Gasteiger partial charge in [-0.15, -0.1) is 0 Å². The summed E-state index contributed by atoms with van der Waals surface area (Å²) in [6, 6.07) is 20.9. The van der Waals surface area contributed by atoms with Crippen LogP contribution in [0.5, 0.6) is 0 Å². The zero-order valence-corrected chi connectivity index (χ0v) is 26.0. The standard InChI is InChI=1S/C34H43N3O4S/c1-5-32(34(39)35-29-9-7-6-8-10-29)36(23-28-17-11-25(2)12-18-28)33(38)24-37(30-19-13-26(3)14-20-30)42(40,41)31-21-15-27(4)16-22-31/h11-22,29,32H,5-10,23-24H2,1-4H3,(H,35,39)/t32-/m0/s1. The second-order valence-corrected chi connectivity index (χ2v) is 13.3. The lowest BCUT2D eigenvalue weighted by Crippen LogP contribution is -2.54. The zero-order valence-electron chi connectivity index (χ0n) is 25.2. The molecule has 0 bridgehead atoms. The first kappa shape index (κ1) is 31.3. The highest BCUT2D eigenvalue weighted by Crippen LogP contribution is 2.26. The molecule has 0 spiro atoms. The molecule has 1 fully saturated rings. The van der Waals surface area contributed by atoms with Crippen LogP contribution < -0.4 is 9.62 Å². The van der Waals surface area contributed by atoms with Crippen LogP contribution in [0.4, 0.5) is 5.69 Å².